The molecule has 0 aliphatic heterocycles. The number of rotatable bonds is 0. The molecule has 0 aliphatic rings. The van der Waals surface area contributed by atoms with Crippen LogP contribution in [0.15, 0.2) is 0 Å². The van der Waals surface area contributed by atoms with Crippen molar-refractivity contribution in [2.45, 2.75) is 0 Å². The van der Waals surface area contributed by atoms with E-state index in [0.717, 1.165) is 0 Å². The first-order valence-electron chi connectivity index (χ1n) is 0. The summed E-state index contributed by atoms with van der Waals surface area (Å²) in [5, 5.41) is 0. The van der Waals surface area contributed by atoms with E-state index in [1.54, 1.807) is 0 Å². The molecule has 0 nitrogen and oxygen atoms in total. The van der Waals surface area contributed by atoms with Crippen LogP contribution in [0.2, 0.25) is 0 Å². The molecule has 4 heteroatoms. The molecule has 0 heterocycles. The van der Waals surface area contributed by atoms with Gasteiger partial charge in [0, 0.05) is 66.3 Å². The molecule has 21 valence electrons. The Morgan fingerprint density at radius 1 is 1.00 bits per heavy atom. The van der Waals surface area contributed by atoms with Gasteiger partial charge in [-0.25, -0.2) is 0 Å². The van der Waals surface area contributed by atoms with Crippen LogP contribution < -0.4 is 0 Å². The summed E-state index contributed by atoms with van der Waals surface area (Å²) in [6.07, 6.45) is 0. The van der Waals surface area contributed by atoms with Crippen molar-refractivity contribution in [3.05, 3.63) is 0 Å². The fraction of sp³-hybridized carbons (Fsp3) is 0. The van der Waals surface area contributed by atoms with Crippen LogP contribution >= 0.6 is 0 Å². The van der Waals surface area contributed by atoms with Gasteiger partial charge in [-0.1, -0.05) is 0 Å². The van der Waals surface area contributed by atoms with Crippen molar-refractivity contribution in [1.82, 2.24) is 0 Å². The van der Waals surface area contributed by atoms with E-state index in [0.29, 0.717) is 0 Å². The van der Waals surface area contributed by atoms with E-state index in [1.165, 1.54) is 0 Å². The molecule has 0 aromatic rings. The van der Waals surface area contributed by atoms with Crippen LogP contribution in [0.4, 0.5) is 0 Å². The molecule has 0 N–H and O–H groups in total. The summed E-state index contributed by atoms with van der Waals surface area (Å²) in [4.78, 5) is 0. The Hall–Kier alpha value is 2.86. The zero-order valence-corrected chi connectivity index (χ0v) is 11.9. The van der Waals surface area contributed by atoms with E-state index in [9.17, 15) is 0 Å². The molecule has 0 aromatic heterocycles. The summed E-state index contributed by atoms with van der Waals surface area (Å²) in [6, 6.07) is 0. The standard InChI is InChI=1S/B.Fe.Nd.Pb.2H. The average molecular weight is 420 g/mol. The first-order valence-corrected chi connectivity index (χ1v) is 0. The minimum absolute atomic E-state index is 0. The Balaban J connectivity index is 0. The van der Waals surface area contributed by atoms with Gasteiger partial charge in [-0.05, 0) is 0 Å². The molecule has 0 saturated carbocycles. The Labute approximate surface area is 91.6 Å². The van der Waals surface area contributed by atoms with Gasteiger partial charge in [0.25, 0.3) is 0 Å². The van der Waals surface area contributed by atoms with E-state index < -0.39 is 0 Å². The van der Waals surface area contributed by atoms with Gasteiger partial charge in [-0.15, -0.1) is 0 Å². The number of hydrogen-bond donors (Lipinski definition) is 0. The quantitative estimate of drug-likeness (QED) is 0.428. The van der Waals surface area contributed by atoms with Crippen LogP contribution in [0.1, 0.15) is 0 Å². The van der Waals surface area contributed by atoms with E-state index in [1.807, 2.05) is 0 Å². The van der Waals surface area contributed by atoms with Gasteiger partial charge in [0.15, 0.2) is 0 Å². The molecule has 5 radical (unpaired) electrons. The van der Waals surface area contributed by atoms with Crippen molar-refractivity contribution in [1.29, 1.82) is 0 Å². The second-order valence-electron chi connectivity index (χ2n) is 0. The van der Waals surface area contributed by atoms with Crippen molar-refractivity contribution in [3.8, 4) is 0 Å². The molecule has 0 unspecified atom stereocenters. The Bertz CT molecular complexity index is 8.00. The SMILES string of the molecule is [B].[Fe].[Nd].[PbH2]. The van der Waals surface area contributed by atoms with Crippen molar-refractivity contribution in [3.63, 3.8) is 0 Å². The first kappa shape index (κ1) is 28.8. The van der Waals surface area contributed by atoms with Gasteiger partial charge >= 0.3 is 27.3 Å². The Morgan fingerprint density at radius 2 is 1.00 bits per heavy atom. The number of hydrogen-bond acceptors (Lipinski definition) is 0. The Morgan fingerprint density at radius 3 is 1.00 bits per heavy atom. The van der Waals surface area contributed by atoms with E-state index in [2.05, 4.69) is 0 Å². The third kappa shape index (κ3) is 8.85. The van der Waals surface area contributed by atoms with Gasteiger partial charge in [-0.3, -0.25) is 0 Å². The monoisotopic (exact) mass is 419 g/mol. The second-order valence-corrected chi connectivity index (χ2v) is 0. The topological polar surface area (TPSA) is 0 Å². The molecule has 0 rings (SSSR count). The Kier molecular flexibility index (Phi) is 122. The third-order valence-corrected chi connectivity index (χ3v) is 0. The molecular weight excluding hydrogens is 418 g/mol. The summed E-state index contributed by atoms with van der Waals surface area (Å²) in [5.41, 5.74) is 0. The van der Waals surface area contributed by atoms with Crippen LogP contribution in [-0.2, 0) is 17.1 Å². The maximum atomic E-state index is 0. The minimum atomic E-state index is 0. The zero-order valence-electron chi connectivity index (χ0n) is 2.14. The fourth-order valence-corrected chi connectivity index (χ4v) is 0. The van der Waals surface area contributed by atoms with Crippen molar-refractivity contribution >= 4 is 35.7 Å². The average Bonchev–Trinajstić information content (AvgIpc) is 0. The fourth-order valence-electron chi connectivity index (χ4n) is 0. The van der Waals surface area contributed by atoms with Gasteiger partial charge < -0.3 is 0 Å². The van der Waals surface area contributed by atoms with Crippen LogP contribution in [0.5, 0.6) is 0 Å². The molecule has 0 atom stereocenters. The molecule has 0 aliphatic carbocycles. The van der Waals surface area contributed by atoms with Crippen LogP contribution in [0, 0.1) is 40.8 Å². The second kappa shape index (κ2) is 16.9. The van der Waals surface area contributed by atoms with Crippen LogP contribution in [0.3, 0.4) is 0 Å². The molecule has 0 bridgehead atoms. The molecule has 0 spiro atoms. The van der Waals surface area contributed by atoms with E-state index >= 15 is 0 Å². The van der Waals surface area contributed by atoms with E-state index in [4.69, 9.17) is 0 Å². The van der Waals surface area contributed by atoms with E-state index in [-0.39, 0.29) is 93.6 Å². The summed E-state index contributed by atoms with van der Waals surface area (Å²) in [5.74, 6) is 0. The van der Waals surface area contributed by atoms with Crippen LogP contribution in [-0.4, -0.2) is 35.7 Å². The van der Waals surface area contributed by atoms with Crippen molar-refractivity contribution < 1.29 is 57.9 Å². The molecule has 0 amide bonds. The molecular formula is H2BFeNdPb. The summed E-state index contributed by atoms with van der Waals surface area (Å²) in [7, 11) is 0. The van der Waals surface area contributed by atoms with Crippen molar-refractivity contribution in [2.24, 2.45) is 0 Å². The molecule has 0 saturated heterocycles. The summed E-state index contributed by atoms with van der Waals surface area (Å²) in [6.45, 7) is 0. The van der Waals surface area contributed by atoms with Crippen molar-refractivity contribution in [2.75, 3.05) is 0 Å². The van der Waals surface area contributed by atoms with Gasteiger partial charge in [0.05, 0.1) is 0 Å². The summed E-state index contributed by atoms with van der Waals surface area (Å²) < 4.78 is 0. The normalized spacial score (nSPS) is 0. The zero-order chi connectivity index (χ0) is 0. The van der Waals surface area contributed by atoms with Gasteiger partial charge in [-0.2, -0.15) is 0 Å². The molecule has 4 heavy (non-hydrogen) atoms. The summed E-state index contributed by atoms with van der Waals surface area (Å²) >= 11 is 0. The van der Waals surface area contributed by atoms with Gasteiger partial charge in [0.2, 0.25) is 0 Å². The molecule has 0 fully saturated rings. The maximum absolute atomic E-state index is 0. The van der Waals surface area contributed by atoms with Gasteiger partial charge in [0.1, 0.15) is 0 Å². The predicted octanol–water partition coefficient (Wildman–Crippen LogP) is -1.30. The van der Waals surface area contributed by atoms with Crippen LogP contribution in [0.25, 0.3) is 0 Å². The first-order chi connectivity index (χ1) is 0. The molecule has 0 aromatic carbocycles. The third-order valence-electron chi connectivity index (χ3n) is 0. The predicted molar refractivity (Wildman–Crippen MR) is 14.3 cm³/mol.